The molecule has 2 aromatic rings. The molecule has 0 spiro atoms. The summed E-state index contributed by atoms with van der Waals surface area (Å²) < 4.78 is 26.1. The molecule has 25 heavy (non-hydrogen) atoms. The van der Waals surface area contributed by atoms with Crippen molar-refractivity contribution in [1.82, 2.24) is 10.6 Å². The average Bonchev–Trinajstić information content (AvgIpc) is 2.58. The van der Waals surface area contributed by atoms with E-state index in [1.807, 2.05) is 30.3 Å². The van der Waals surface area contributed by atoms with Crippen molar-refractivity contribution in [2.45, 2.75) is 12.5 Å². The number of carbonyl (C=O) groups is 2. The Kier molecular flexibility index (Phi) is 6.59. The molecule has 0 bridgehead atoms. The summed E-state index contributed by atoms with van der Waals surface area (Å²) in [5.74, 6) is -3.03. The fourth-order valence-electron chi connectivity index (χ4n) is 2.20. The zero-order chi connectivity index (χ0) is 18.2. The Morgan fingerprint density at radius 2 is 1.64 bits per heavy atom. The van der Waals surface area contributed by atoms with Crippen LogP contribution in [0.4, 0.5) is 8.78 Å². The largest absolute Gasteiger partial charge is 0.391 e. The number of benzene rings is 2. The minimum atomic E-state index is -0.876. The molecule has 0 saturated carbocycles. The van der Waals surface area contributed by atoms with E-state index in [1.54, 1.807) is 0 Å². The molecular weight excluding hydrogens is 330 g/mol. The van der Waals surface area contributed by atoms with Gasteiger partial charge in [0.2, 0.25) is 5.91 Å². The van der Waals surface area contributed by atoms with Gasteiger partial charge in [-0.25, -0.2) is 8.78 Å². The predicted octanol–water partition coefficient (Wildman–Crippen LogP) is 1.41. The van der Waals surface area contributed by atoms with Crippen LogP contribution in [-0.4, -0.2) is 36.1 Å². The van der Waals surface area contributed by atoms with Gasteiger partial charge in [0.25, 0.3) is 5.91 Å². The summed E-state index contributed by atoms with van der Waals surface area (Å²) in [6.07, 6.45) is -0.380. The van der Waals surface area contributed by atoms with Crippen LogP contribution in [0.1, 0.15) is 15.9 Å². The fourth-order valence-corrected chi connectivity index (χ4v) is 2.20. The summed E-state index contributed by atoms with van der Waals surface area (Å²) >= 11 is 0. The van der Waals surface area contributed by atoms with Gasteiger partial charge in [-0.05, 0) is 17.7 Å². The number of rotatable bonds is 7. The molecule has 0 aromatic heterocycles. The summed E-state index contributed by atoms with van der Waals surface area (Å²) in [7, 11) is 0. The third-order valence-electron chi connectivity index (χ3n) is 3.38. The summed E-state index contributed by atoms with van der Waals surface area (Å²) in [4.78, 5) is 23.4. The van der Waals surface area contributed by atoms with Crippen LogP contribution in [0.2, 0.25) is 0 Å². The average molecular weight is 348 g/mol. The monoisotopic (exact) mass is 348 g/mol. The smallest absolute Gasteiger partial charge is 0.251 e. The number of aliphatic hydroxyl groups is 1. The van der Waals surface area contributed by atoms with Gasteiger partial charge in [0.05, 0.1) is 12.6 Å². The number of hydrogen-bond donors (Lipinski definition) is 3. The van der Waals surface area contributed by atoms with Gasteiger partial charge < -0.3 is 15.7 Å². The SMILES string of the molecule is O=C(CNC(=O)c1cc(F)cc(F)c1)NCC(O)Cc1ccccc1. The quantitative estimate of drug-likeness (QED) is 0.708. The van der Waals surface area contributed by atoms with Crippen molar-refractivity contribution in [1.29, 1.82) is 0 Å². The highest BCUT2D eigenvalue weighted by atomic mass is 19.1. The molecule has 3 N–H and O–H groups in total. The third kappa shape index (κ3) is 6.31. The molecule has 1 atom stereocenters. The lowest BCUT2D eigenvalue weighted by Crippen LogP contribution is -2.40. The third-order valence-corrected chi connectivity index (χ3v) is 3.38. The molecule has 0 radical (unpaired) electrons. The van der Waals surface area contributed by atoms with Crippen molar-refractivity contribution < 1.29 is 23.5 Å². The zero-order valence-electron chi connectivity index (χ0n) is 13.3. The molecule has 1 unspecified atom stereocenters. The molecule has 0 fully saturated rings. The van der Waals surface area contributed by atoms with Crippen molar-refractivity contribution in [3.05, 3.63) is 71.3 Å². The van der Waals surface area contributed by atoms with Crippen molar-refractivity contribution in [2.75, 3.05) is 13.1 Å². The maximum Gasteiger partial charge on any atom is 0.251 e. The van der Waals surface area contributed by atoms with Crippen molar-refractivity contribution in [3.8, 4) is 0 Å². The Morgan fingerprint density at radius 1 is 1.00 bits per heavy atom. The van der Waals surface area contributed by atoms with Gasteiger partial charge >= 0.3 is 0 Å². The van der Waals surface area contributed by atoms with Crippen molar-refractivity contribution in [3.63, 3.8) is 0 Å². The summed E-state index contributed by atoms with van der Waals surface area (Å²) in [5.41, 5.74) is 0.722. The van der Waals surface area contributed by atoms with E-state index >= 15 is 0 Å². The molecule has 5 nitrogen and oxygen atoms in total. The van der Waals surface area contributed by atoms with Crippen LogP contribution in [0, 0.1) is 11.6 Å². The van der Waals surface area contributed by atoms with E-state index in [1.165, 1.54) is 0 Å². The van der Waals surface area contributed by atoms with Crippen LogP contribution in [0.3, 0.4) is 0 Å². The normalized spacial score (nSPS) is 11.6. The van der Waals surface area contributed by atoms with Gasteiger partial charge in [0.15, 0.2) is 0 Å². The van der Waals surface area contributed by atoms with E-state index in [0.29, 0.717) is 12.5 Å². The Balaban J connectivity index is 1.74. The lowest BCUT2D eigenvalue weighted by atomic mass is 10.1. The number of hydrogen-bond acceptors (Lipinski definition) is 3. The van der Waals surface area contributed by atoms with E-state index in [2.05, 4.69) is 10.6 Å². The first-order chi connectivity index (χ1) is 11.9. The molecule has 0 aliphatic heterocycles. The van der Waals surface area contributed by atoms with Gasteiger partial charge in [-0.1, -0.05) is 30.3 Å². The molecule has 2 amide bonds. The molecule has 2 rings (SSSR count). The Hall–Kier alpha value is -2.80. The van der Waals surface area contributed by atoms with Crippen molar-refractivity contribution in [2.24, 2.45) is 0 Å². The van der Waals surface area contributed by atoms with Gasteiger partial charge in [0, 0.05) is 24.6 Å². The van der Waals surface area contributed by atoms with E-state index in [0.717, 1.165) is 17.7 Å². The Morgan fingerprint density at radius 3 is 2.28 bits per heavy atom. The van der Waals surface area contributed by atoms with Gasteiger partial charge in [-0.3, -0.25) is 9.59 Å². The molecule has 0 aliphatic rings. The fraction of sp³-hybridized carbons (Fsp3) is 0.222. The summed E-state index contributed by atoms with van der Waals surface area (Å²) in [6.45, 7) is -0.340. The van der Waals surface area contributed by atoms with Gasteiger partial charge in [-0.15, -0.1) is 0 Å². The van der Waals surface area contributed by atoms with Crippen LogP contribution in [0.15, 0.2) is 48.5 Å². The minimum Gasteiger partial charge on any atom is -0.391 e. The van der Waals surface area contributed by atoms with E-state index in [4.69, 9.17) is 0 Å². The van der Waals surface area contributed by atoms with Gasteiger partial charge in [-0.2, -0.15) is 0 Å². The second-order valence-corrected chi connectivity index (χ2v) is 5.49. The topological polar surface area (TPSA) is 78.4 Å². The number of halogens is 2. The molecule has 132 valence electrons. The zero-order valence-corrected chi connectivity index (χ0v) is 13.3. The first-order valence-corrected chi connectivity index (χ1v) is 7.67. The number of aliphatic hydroxyl groups excluding tert-OH is 1. The van der Waals surface area contributed by atoms with Crippen LogP contribution < -0.4 is 10.6 Å². The Bertz CT molecular complexity index is 718. The predicted molar refractivity (Wildman–Crippen MR) is 87.9 cm³/mol. The van der Waals surface area contributed by atoms with E-state index in [9.17, 15) is 23.5 Å². The van der Waals surface area contributed by atoms with E-state index in [-0.39, 0.29) is 18.7 Å². The molecule has 7 heteroatoms. The van der Waals surface area contributed by atoms with E-state index < -0.39 is 29.6 Å². The molecule has 0 heterocycles. The number of carbonyl (C=O) groups excluding carboxylic acids is 2. The minimum absolute atomic E-state index is 0.0260. The van der Waals surface area contributed by atoms with Crippen LogP contribution in [0.25, 0.3) is 0 Å². The molecule has 2 aromatic carbocycles. The molecular formula is C18H18F2N2O3. The molecule has 0 aliphatic carbocycles. The maximum absolute atomic E-state index is 13.0. The van der Waals surface area contributed by atoms with Gasteiger partial charge in [0.1, 0.15) is 11.6 Å². The maximum atomic E-state index is 13.0. The first kappa shape index (κ1) is 18.5. The number of nitrogens with one attached hydrogen (secondary N) is 2. The van der Waals surface area contributed by atoms with Crippen LogP contribution in [-0.2, 0) is 11.2 Å². The Labute approximate surface area is 143 Å². The summed E-state index contributed by atoms with van der Waals surface area (Å²) in [5, 5.41) is 14.6. The summed E-state index contributed by atoms with van der Waals surface area (Å²) in [6, 6.07) is 11.7. The molecule has 0 saturated heterocycles. The number of amides is 2. The standard InChI is InChI=1S/C18H18F2N2O3/c19-14-7-13(8-15(20)9-14)18(25)22-11-17(24)21-10-16(23)6-12-4-2-1-3-5-12/h1-5,7-9,16,23H,6,10-11H2,(H,21,24)(H,22,25). The first-order valence-electron chi connectivity index (χ1n) is 7.67. The lowest BCUT2D eigenvalue weighted by Gasteiger charge is -2.12. The highest BCUT2D eigenvalue weighted by molar-refractivity contribution is 5.96. The van der Waals surface area contributed by atoms with Crippen molar-refractivity contribution >= 4 is 11.8 Å². The highest BCUT2D eigenvalue weighted by Crippen LogP contribution is 2.07. The van der Waals surface area contributed by atoms with Crippen LogP contribution in [0.5, 0.6) is 0 Å². The second kappa shape index (κ2) is 8.89. The second-order valence-electron chi connectivity index (χ2n) is 5.49. The lowest BCUT2D eigenvalue weighted by molar-refractivity contribution is -0.120. The van der Waals surface area contributed by atoms with Crippen LogP contribution >= 0.6 is 0 Å². The highest BCUT2D eigenvalue weighted by Gasteiger charge is 2.12.